The summed E-state index contributed by atoms with van der Waals surface area (Å²) in [5, 5.41) is 0. The van der Waals surface area contributed by atoms with Crippen LogP contribution in [0.3, 0.4) is 0 Å². The van der Waals surface area contributed by atoms with Crippen molar-refractivity contribution in [3.63, 3.8) is 0 Å². The summed E-state index contributed by atoms with van der Waals surface area (Å²) in [6.07, 6.45) is 0. The number of anilines is 1. The molecule has 2 N–H and O–H groups in total. The van der Waals surface area contributed by atoms with Crippen LogP contribution in [0.15, 0.2) is 18.2 Å². The fourth-order valence-corrected chi connectivity index (χ4v) is 2.01. The normalized spacial score (nSPS) is 12.6. The molecule has 108 valence electrons. The standard InChI is InChI=1S/C15H25FN2O/c1-5-19-15-7-6-13(8-14(15)16)18(4)10-12(9-17)11(2)3/h6-8,11-12H,5,9-10,17H2,1-4H3. The van der Waals surface area contributed by atoms with E-state index in [2.05, 4.69) is 13.8 Å². The van der Waals surface area contributed by atoms with E-state index in [0.29, 0.717) is 30.7 Å². The average Bonchev–Trinajstić information content (AvgIpc) is 2.37. The van der Waals surface area contributed by atoms with Gasteiger partial charge in [-0.2, -0.15) is 0 Å². The van der Waals surface area contributed by atoms with Crippen molar-refractivity contribution >= 4 is 5.69 Å². The van der Waals surface area contributed by atoms with E-state index >= 15 is 0 Å². The second-order valence-electron chi connectivity index (χ2n) is 5.17. The van der Waals surface area contributed by atoms with Gasteiger partial charge in [0.15, 0.2) is 11.6 Å². The topological polar surface area (TPSA) is 38.5 Å². The molecule has 1 unspecified atom stereocenters. The lowest BCUT2D eigenvalue weighted by Gasteiger charge is -2.27. The first-order valence-electron chi connectivity index (χ1n) is 6.83. The maximum Gasteiger partial charge on any atom is 0.167 e. The summed E-state index contributed by atoms with van der Waals surface area (Å²) in [5.74, 6) is 0.901. The number of halogens is 1. The molecule has 1 rings (SSSR count). The van der Waals surface area contributed by atoms with Crippen LogP contribution in [-0.2, 0) is 0 Å². The lowest BCUT2D eigenvalue weighted by atomic mass is 9.95. The zero-order valence-electron chi connectivity index (χ0n) is 12.3. The highest BCUT2D eigenvalue weighted by molar-refractivity contribution is 5.49. The molecule has 0 aromatic heterocycles. The second-order valence-corrected chi connectivity index (χ2v) is 5.17. The molecule has 0 heterocycles. The predicted molar refractivity (Wildman–Crippen MR) is 78.2 cm³/mol. The smallest absolute Gasteiger partial charge is 0.167 e. The Morgan fingerprint density at radius 1 is 1.37 bits per heavy atom. The van der Waals surface area contributed by atoms with Crippen LogP contribution in [0, 0.1) is 17.7 Å². The molecule has 0 bridgehead atoms. The van der Waals surface area contributed by atoms with Crippen LogP contribution >= 0.6 is 0 Å². The first kappa shape index (κ1) is 15.8. The third-order valence-electron chi connectivity index (χ3n) is 3.41. The van der Waals surface area contributed by atoms with E-state index in [1.165, 1.54) is 6.07 Å². The summed E-state index contributed by atoms with van der Waals surface area (Å²) in [5.41, 5.74) is 6.62. The van der Waals surface area contributed by atoms with Crippen LogP contribution < -0.4 is 15.4 Å². The number of hydrogen-bond donors (Lipinski definition) is 1. The number of ether oxygens (including phenoxy) is 1. The Balaban J connectivity index is 2.77. The molecule has 19 heavy (non-hydrogen) atoms. The van der Waals surface area contributed by atoms with Gasteiger partial charge in [0, 0.05) is 25.3 Å². The molecule has 1 aromatic carbocycles. The van der Waals surface area contributed by atoms with Crippen molar-refractivity contribution < 1.29 is 9.13 Å². The minimum atomic E-state index is -0.319. The molecule has 0 aliphatic heterocycles. The molecule has 0 radical (unpaired) electrons. The fraction of sp³-hybridized carbons (Fsp3) is 0.600. The highest BCUT2D eigenvalue weighted by atomic mass is 19.1. The van der Waals surface area contributed by atoms with E-state index in [1.54, 1.807) is 6.07 Å². The Labute approximate surface area is 115 Å². The Kier molecular flexibility index (Phi) is 6.09. The van der Waals surface area contributed by atoms with Crippen molar-refractivity contribution in [2.24, 2.45) is 17.6 Å². The van der Waals surface area contributed by atoms with Crippen molar-refractivity contribution in [2.75, 3.05) is 31.6 Å². The monoisotopic (exact) mass is 268 g/mol. The Morgan fingerprint density at radius 2 is 2.05 bits per heavy atom. The number of hydrogen-bond acceptors (Lipinski definition) is 3. The molecule has 1 atom stereocenters. The van der Waals surface area contributed by atoms with Crippen molar-refractivity contribution in [1.82, 2.24) is 0 Å². The molecular formula is C15H25FN2O. The Hall–Kier alpha value is -1.29. The van der Waals surface area contributed by atoms with Gasteiger partial charge in [-0.3, -0.25) is 0 Å². The molecule has 1 aromatic rings. The fourth-order valence-electron chi connectivity index (χ4n) is 2.01. The van der Waals surface area contributed by atoms with Gasteiger partial charge in [-0.05, 0) is 37.4 Å². The molecular weight excluding hydrogens is 243 g/mol. The van der Waals surface area contributed by atoms with Crippen LogP contribution in [0.4, 0.5) is 10.1 Å². The zero-order valence-corrected chi connectivity index (χ0v) is 12.3. The predicted octanol–water partition coefficient (Wildman–Crippen LogP) is 2.89. The summed E-state index contributed by atoms with van der Waals surface area (Å²) in [4.78, 5) is 2.04. The third-order valence-corrected chi connectivity index (χ3v) is 3.41. The van der Waals surface area contributed by atoms with Gasteiger partial charge in [0.25, 0.3) is 0 Å². The van der Waals surface area contributed by atoms with Crippen LogP contribution in [-0.4, -0.2) is 26.7 Å². The van der Waals surface area contributed by atoms with Crippen LogP contribution in [0.5, 0.6) is 5.75 Å². The van der Waals surface area contributed by atoms with E-state index in [9.17, 15) is 4.39 Å². The van der Waals surface area contributed by atoms with Crippen LogP contribution in [0.25, 0.3) is 0 Å². The molecule has 3 nitrogen and oxygen atoms in total. The highest BCUT2D eigenvalue weighted by Crippen LogP contribution is 2.24. The molecule has 0 saturated carbocycles. The number of rotatable bonds is 7. The summed E-state index contributed by atoms with van der Waals surface area (Å²) >= 11 is 0. The van der Waals surface area contributed by atoms with Gasteiger partial charge in [0.05, 0.1) is 6.61 Å². The highest BCUT2D eigenvalue weighted by Gasteiger charge is 2.15. The second kappa shape index (κ2) is 7.34. The van der Waals surface area contributed by atoms with E-state index in [1.807, 2.05) is 24.9 Å². The van der Waals surface area contributed by atoms with Crippen LogP contribution in [0.1, 0.15) is 20.8 Å². The summed E-state index contributed by atoms with van der Waals surface area (Å²) < 4.78 is 19.0. The Bertz CT molecular complexity index is 396. The molecule has 0 fully saturated rings. The molecule has 0 spiro atoms. The SMILES string of the molecule is CCOc1ccc(N(C)CC(CN)C(C)C)cc1F. The first-order chi connectivity index (χ1) is 8.99. The van der Waals surface area contributed by atoms with Gasteiger partial charge < -0.3 is 15.4 Å². The van der Waals surface area contributed by atoms with Gasteiger partial charge in [-0.1, -0.05) is 13.8 Å². The lowest BCUT2D eigenvalue weighted by Crippen LogP contribution is -2.33. The number of nitrogens with zero attached hydrogens (tertiary/aromatic N) is 1. The van der Waals surface area contributed by atoms with Crippen molar-refractivity contribution in [3.8, 4) is 5.75 Å². The van der Waals surface area contributed by atoms with Gasteiger partial charge in [-0.15, -0.1) is 0 Å². The van der Waals surface area contributed by atoms with Crippen molar-refractivity contribution in [1.29, 1.82) is 0 Å². The maximum absolute atomic E-state index is 13.8. The van der Waals surface area contributed by atoms with Gasteiger partial charge in [0.1, 0.15) is 0 Å². The van der Waals surface area contributed by atoms with Crippen molar-refractivity contribution in [3.05, 3.63) is 24.0 Å². The third kappa shape index (κ3) is 4.39. The van der Waals surface area contributed by atoms with Crippen molar-refractivity contribution in [2.45, 2.75) is 20.8 Å². The average molecular weight is 268 g/mol. The van der Waals surface area contributed by atoms with Gasteiger partial charge >= 0.3 is 0 Å². The van der Waals surface area contributed by atoms with E-state index in [-0.39, 0.29) is 5.82 Å². The minimum absolute atomic E-state index is 0.305. The number of benzene rings is 1. The quantitative estimate of drug-likeness (QED) is 0.826. The maximum atomic E-state index is 13.8. The molecule has 0 saturated heterocycles. The number of nitrogens with two attached hydrogens (primary N) is 1. The van der Waals surface area contributed by atoms with E-state index in [4.69, 9.17) is 10.5 Å². The molecule has 4 heteroatoms. The van der Waals surface area contributed by atoms with E-state index in [0.717, 1.165) is 12.2 Å². The van der Waals surface area contributed by atoms with Gasteiger partial charge in [0.2, 0.25) is 0 Å². The van der Waals surface area contributed by atoms with Gasteiger partial charge in [-0.25, -0.2) is 4.39 Å². The lowest BCUT2D eigenvalue weighted by molar-refractivity contribution is 0.321. The molecule has 0 aliphatic rings. The summed E-state index contributed by atoms with van der Waals surface area (Å²) in [6, 6.07) is 5.07. The van der Waals surface area contributed by atoms with E-state index < -0.39 is 0 Å². The molecule has 0 amide bonds. The summed E-state index contributed by atoms with van der Waals surface area (Å²) in [6.45, 7) is 8.08. The minimum Gasteiger partial charge on any atom is -0.491 e. The zero-order chi connectivity index (χ0) is 14.4. The summed E-state index contributed by atoms with van der Waals surface area (Å²) in [7, 11) is 1.96. The molecule has 0 aliphatic carbocycles. The Morgan fingerprint density at radius 3 is 2.53 bits per heavy atom. The first-order valence-corrected chi connectivity index (χ1v) is 6.83. The van der Waals surface area contributed by atoms with Crippen LogP contribution in [0.2, 0.25) is 0 Å². The largest absolute Gasteiger partial charge is 0.491 e.